The van der Waals surface area contributed by atoms with E-state index in [0.717, 1.165) is 24.5 Å². The van der Waals surface area contributed by atoms with Gasteiger partial charge in [-0.1, -0.05) is 0 Å². The average molecular weight is 378 g/mol. The number of pyridine rings is 1. The number of nitriles is 1. The van der Waals surface area contributed by atoms with Crippen molar-refractivity contribution in [3.8, 4) is 6.07 Å². The van der Waals surface area contributed by atoms with Gasteiger partial charge in [0.1, 0.15) is 12.7 Å². The van der Waals surface area contributed by atoms with Gasteiger partial charge in [0.2, 0.25) is 0 Å². The van der Waals surface area contributed by atoms with Crippen molar-refractivity contribution in [3.05, 3.63) is 34.2 Å². The van der Waals surface area contributed by atoms with Crippen molar-refractivity contribution in [1.82, 2.24) is 4.57 Å². The molecule has 1 aliphatic rings. The molecule has 0 spiro atoms. The fourth-order valence-electron chi connectivity index (χ4n) is 2.69. The Balaban J connectivity index is 2.42. The SMILES string of the molecule is CC(=O)OC[C@H]1O[C@@H](n2ccc(C#N)cc2=O)[C@H](OC(C)=O)[C@@H]1OC(C)=O. The molecule has 1 aromatic rings. The number of aromatic nitrogens is 1. The van der Waals surface area contributed by atoms with Gasteiger partial charge in [0.15, 0.2) is 18.4 Å². The average Bonchev–Trinajstić information content (AvgIpc) is 2.89. The van der Waals surface area contributed by atoms with Crippen LogP contribution in [0.3, 0.4) is 0 Å². The third-order valence-electron chi connectivity index (χ3n) is 3.69. The number of carbonyl (C=O) groups is 3. The van der Waals surface area contributed by atoms with E-state index in [1.807, 2.05) is 6.07 Å². The Kier molecular flexibility index (Phi) is 6.31. The van der Waals surface area contributed by atoms with E-state index >= 15 is 0 Å². The van der Waals surface area contributed by atoms with Crippen LogP contribution in [-0.2, 0) is 33.3 Å². The summed E-state index contributed by atoms with van der Waals surface area (Å²) in [6.07, 6.45) is -3.05. The van der Waals surface area contributed by atoms with Crippen molar-refractivity contribution in [1.29, 1.82) is 5.26 Å². The molecule has 0 unspecified atom stereocenters. The van der Waals surface area contributed by atoms with Gasteiger partial charge in [-0.15, -0.1) is 0 Å². The van der Waals surface area contributed by atoms with E-state index in [4.69, 9.17) is 24.2 Å². The number of ether oxygens (including phenoxy) is 4. The van der Waals surface area contributed by atoms with E-state index in [1.54, 1.807) is 0 Å². The van der Waals surface area contributed by atoms with E-state index in [0.29, 0.717) is 0 Å². The van der Waals surface area contributed by atoms with Gasteiger partial charge < -0.3 is 18.9 Å². The van der Waals surface area contributed by atoms with Crippen molar-refractivity contribution in [2.45, 2.75) is 45.3 Å². The number of hydrogen-bond acceptors (Lipinski definition) is 9. The van der Waals surface area contributed by atoms with Crippen LogP contribution in [0.5, 0.6) is 0 Å². The smallest absolute Gasteiger partial charge is 0.303 e. The van der Waals surface area contributed by atoms with Gasteiger partial charge >= 0.3 is 17.9 Å². The summed E-state index contributed by atoms with van der Waals surface area (Å²) in [7, 11) is 0. The maximum absolute atomic E-state index is 12.3. The molecular weight excluding hydrogens is 360 g/mol. The van der Waals surface area contributed by atoms with Crippen molar-refractivity contribution in [2.75, 3.05) is 6.61 Å². The molecule has 2 rings (SSSR count). The lowest BCUT2D eigenvalue weighted by atomic mass is 10.1. The Morgan fingerprint density at radius 2 is 1.78 bits per heavy atom. The highest BCUT2D eigenvalue weighted by molar-refractivity contribution is 5.68. The summed E-state index contributed by atoms with van der Waals surface area (Å²) in [5.41, 5.74) is -0.433. The molecule has 1 saturated heterocycles. The molecule has 10 heteroatoms. The topological polar surface area (TPSA) is 134 Å². The summed E-state index contributed by atoms with van der Waals surface area (Å²) in [6.45, 7) is 3.24. The molecule has 0 amide bonds. The number of rotatable bonds is 5. The number of carbonyl (C=O) groups excluding carboxylic acids is 3. The van der Waals surface area contributed by atoms with Crippen LogP contribution in [0.15, 0.2) is 23.1 Å². The fourth-order valence-corrected chi connectivity index (χ4v) is 2.69. The second-order valence-corrected chi connectivity index (χ2v) is 5.79. The Hall–Kier alpha value is -3.19. The molecule has 144 valence electrons. The lowest BCUT2D eigenvalue weighted by Gasteiger charge is -2.24. The largest absolute Gasteiger partial charge is 0.463 e. The highest BCUT2D eigenvalue weighted by atomic mass is 16.7. The van der Waals surface area contributed by atoms with E-state index in [2.05, 4.69) is 0 Å². The molecule has 0 saturated carbocycles. The Morgan fingerprint density at radius 1 is 1.15 bits per heavy atom. The van der Waals surface area contributed by atoms with Crippen LogP contribution in [-0.4, -0.2) is 47.4 Å². The molecule has 0 bridgehead atoms. The minimum Gasteiger partial charge on any atom is -0.463 e. The number of nitrogens with zero attached hydrogens (tertiary/aromatic N) is 2. The standard InChI is InChI=1S/C17H18N2O8/c1-9(20)24-8-13-15(25-10(2)21)16(26-11(3)22)17(27-13)19-5-4-12(7-18)6-14(19)23/h4-6,13,15-17H,8H2,1-3H3/t13-,15-,16-,17-/m1/s1. The molecule has 1 aromatic heterocycles. The van der Waals surface area contributed by atoms with Crippen LogP contribution < -0.4 is 5.56 Å². The summed E-state index contributed by atoms with van der Waals surface area (Å²) >= 11 is 0. The molecule has 2 heterocycles. The lowest BCUT2D eigenvalue weighted by Crippen LogP contribution is -2.41. The van der Waals surface area contributed by atoms with Crippen LogP contribution in [0, 0.1) is 11.3 Å². The zero-order valence-corrected chi connectivity index (χ0v) is 14.9. The molecule has 1 fully saturated rings. The minimum atomic E-state index is -1.16. The fraction of sp³-hybridized carbons (Fsp3) is 0.471. The molecule has 0 N–H and O–H groups in total. The molecule has 10 nitrogen and oxygen atoms in total. The van der Waals surface area contributed by atoms with Crippen LogP contribution in [0.1, 0.15) is 32.6 Å². The van der Waals surface area contributed by atoms with Gasteiger partial charge in [0.05, 0.1) is 11.6 Å². The normalized spacial score (nSPS) is 23.9. The summed E-state index contributed by atoms with van der Waals surface area (Å²) < 4.78 is 22.2. The quantitative estimate of drug-likeness (QED) is 0.514. The first kappa shape index (κ1) is 20.1. The van der Waals surface area contributed by atoms with Gasteiger partial charge in [-0.2, -0.15) is 5.26 Å². The van der Waals surface area contributed by atoms with Crippen molar-refractivity contribution >= 4 is 17.9 Å². The predicted octanol–water partition coefficient (Wildman–Crippen LogP) is 0.0439. The van der Waals surface area contributed by atoms with Crippen LogP contribution in [0.4, 0.5) is 0 Å². The molecule has 0 aromatic carbocycles. The van der Waals surface area contributed by atoms with Crippen molar-refractivity contribution < 1.29 is 33.3 Å². The molecule has 1 aliphatic heterocycles. The van der Waals surface area contributed by atoms with Gasteiger partial charge in [0.25, 0.3) is 5.56 Å². The van der Waals surface area contributed by atoms with Crippen LogP contribution in [0.25, 0.3) is 0 Å². The molecule has 0 radical (unpaired) electrons. The van der Waals surface area contributed by atoms with Crippen molar-refractivity contribution in [3.63, 3.8) is 0 Å². The van der Waals surface area contributed by atoms with E-state index in [1.165, 1.54) is 19.2 Å². The molecular formula is C17H18N2O8. The highest BCUT2D eigenvalue weighted by Crippen LogP contribution is 2.33. The lowest BCUT2D eigenvalue weighted by molar-refractivity contribution is -0.166. The molecule has 0 aliphatic carbocycles. The summed E-state index contributed by atoms with van der Waals surface area (Å²) in [5.74, 6) is -1.93. The third-order valence-corrected chi connectivity index (χ3v) is 3.69. The maximum atomic E-state index is 12.3. The zero-order valence-electron chi connectivity index (χ0n) is 14.9. The maximum Gasteiger partial charge on any atom is 0.303 e. The Bertz CT molecular complexity index is 840. The van der Waals surface area contributed by atoms with Gasteiger partial charge in [-0.3, -0.25) is 23.7 Å². The Morgan fingerprint density at radius 3 is 2.30 bits per heavy atom. The highest BCUT2D eigenvalue weighted by Gasteiger charge is 2.50. The third kappa shape index (κ3) is 4.92. The van der Waals surface area contributed by atoms with Gasteiger partial charge in [-0.05, 0) is 6.07 Å². The summed E-state index contributed by atoms with van der Waals surface area (Å²) in [5, 5.41) is 8.89. The first-order chi connectivity index (χ1) is 12.7. The summed E-state index contributed by atoms with van der Waals surface area (Å²) in [4.78, 5) is 46.4. The van der Waals surface area contributed by atoms with Crippen molar-refractivity contribution in [2.24, 2.45) is 0 Å². The first-order valence-corrected chi connectivity index (χ1v) is 7.98. The Labute approximate surface area is 154 Å². The zero-order chi connectivity index (χ0) is 20.1. The monoisotopic (exact) mass is 378 g/mol. The number of esters is 3. The number of hydrogen-bond donors (Lipinski definition) is 0. The first-order valence-electron chi connectivity index (χ1n) is 7.98. The summed E-state index contributed by atoms with van der Waals surface area (Å²) in [6, 6.07) is 4.32. The molecule has 27 heavy (non-hydrogen) atoms. The predicted molar refractivity (Wildman–Crippen MR) is 87.1 cm³/mol. The minimum absolute atomic E-state index is 0.145. The second-order valence-electron chi connectivity index (χ2n) is 5.79. The van der Waals surface area contributed by atoms with E-state index in [9.17, 15) is 19.2 Å². The van der Waals surface area contributed by atoms with Crippen LogP contribution >= 0.6 is 0 Å². The van der Waals surface area contributed by atoms with Gasteiger partial charge in [-0.25, -0.2) is 0 Å². The van der Waals surface area contributed by atoms with E-state index in [-0.39, 0.29) is 12.2 Å². The van der Waals surface area contributed by atoms with Crippen LogP contribution in [0.2, 0.25) is 0 Å². The second kappa shape index (κ2) is 8.46. The van der Waals surface area contributed by atoms with E-state index < -0.39 is 48.0 Å². The molecule has 4 atom stereocenters. The van der Waals surface area contributed by atoms with Gasteiger partial charge in [0, 0.05) is 33.0 Å².